The Balaban J connectivity index is 1.38. The van der Waals surface area contributed by atoms with Crippen molar-refractivity contribution in [1.29, 1.82) is 0 Å². The summed E-state index contributed by atoms with van der Waals surface area (Å²) in [6.07, 6.45) is 3.54. The van der Waals surface area contributed by atoms with Crippen molar-refractivity contribution in [3.63, 3.8) is 0 Å². The van der Waals surface area contributed by atoms with Crippen LogP contribution in [-0.4, -0.2) is 33.9 Å². The minimum Gasteiger partial charge on any atom is -0.342 e. The number of imide groups is 1. The van der Waals surface area contributed by atoms with E-state index in [0.717, 1.165) is 32.5 Å². The van der Waals surface area contributed by atoms with Gasteiger partial charge >= 0.3 is 6.03 Å². The van der Waals surface area contributed by atoms with Gasteiger partial charge in [-0.15, -0.1) is 0 Å². The summed E-state index contributed by atoms with van der Waals surface area (Å²) in [5.74, 6) is -1.03. The van der Waals surface area contributed by atoms with Crippen LogP contribution in [-0.2, 0) is 16.1 Å². The summed E-state index contributed by atoms with van der Waals surface area (Å²) in [6.45, 7) is 2.05. The third-order valence-electron chi connectivity index (χ3n) is 6.02. The summed E-state index contributed by atoms with van der Waals surface area (Å²) in [4.78, 5) is 39.0. The standard InChI is InChI=1S/C28H22Cl2N4O3/c1-17-5-4-6-20(11-17)31-26(35)16-34-27(36)24(32-28(34)37)13-19-15-33(25-8-3-2-7-21(19)25)14-18-9-10-22(29)23(30)12-18/h2-13,15H,14,16H2,1H3,(H,31,35)(H,32,37)/b24-13+. The molecular formula is C28H22Cl2N4O3. The number of halogens is 2. The highest BCUT2D eigenvalue weighted by atomic mass is 35.5. The summed E-state index contributed by atoms with van der Waals surface area (Å²) in [6, 6.07) is 19.9. The first-order valence-electron chi connectivity index (χ1n) is 11.5. The Labute approximate surface area is 223 Å². The molecule has 1 aliphatic rings. The van der Waals surface area contributed by atoms with E-state index in [1.807, 2.05) is 72.3 Å². The first-order chi connectivity index (χ1) is 17.8. The molecule has 0 aliphatic carbocycles. The zero-order valence-corrected chi connectivity index (χ0v) is 21.3. The minimum atomic E-state index is -0.643. The van der Waals surface area contributed by atoms with Crippen molar-refractivity contribution in [3.05, 3.63) is 105 Å². The molecule has 0 radical (unpaired) electrons. The first-order valence-corrected chi connectivity index (χ1v) is 12.3. The number of benzene rings is 3. The number of rotatable bonds is 6. The van der Waals surface area contributed by atoms with Crippen molar-refractivity contribution in [1.82, 2.24) is 14.8 Å². The Hall–Kier alpha value is -4.07. The molecule has 1 saturated heterocycles. The maximum atomic E-state index is 13.0. The van der Waals surface area contributed by atoms with Gasteiger partial charge in [0.05, 0.1) is 10.0 Å². The molecule has 186 valence electrons. The van der Waals surface area contributed by atoms with Gasteiger partial charge in [-0.05, 0) is 54.5 Å². The third-order valence-corrected chi connectivity index (χ3v) is 6.76. The lowest BCUT2D eigenvalue weighted by atomic mass is 10.1. The lowest BCUT2D eigenvalue weighted by molar-refractivity contribution is -0.127. The fourth-order valence-electron chi connectivity index (χ4n) is 4.29. The van der Waals surface area contributed by atoms with Gasteiger partial charge in [-0.2, -0.15) is 0 Å². The fourth-order valence-corrected chi connectivity index (χ4v) is 4.61. The predicted octanol–water partition coefficient (Wildman–Crippen LogP) is 5.84. The molecule has 0 atom stereocenters. The van der Waals surface area contributed by atoms with Crippen LogP contribution in [0.4, 0.5) is 10.5 Å². The molecule has 0 saturated carbocycles. The smallest absolute Gasteiger partial charge is 0.329 e. The number of fused-ring (bicyclic) bond motifs is 1. The van der Waals surface area contributed by atoms with E-state index < -0.39 is 24.4 Å². The maximum absolute atomic E-state index is 13.0. The Kier molecular flexibility index (Phi) is 6.74. The third kappa shape index (κ3) is 5.23. The van der Waals surface area contributed by atoms with E-state index in [2.05, 4.69) is 10.6 Å². The van der Waals surface area contributed by atoms with Crippen molar-refractivity contribution in [2.24, 2.45) is 0 Å². The monoisotopic (exact) mass is 532 g/mol. The van der Waals surface area contributed by atoms with Crippen molar-refractivity contribution >= 4 is 63.7 Å². The number of hydrogen-bond donors (Lipinski definition) is 2. The zero-order valence-electron chi connectivity index (χ0n) is 19.8. The molecule has 1 aliphatic heterocycles. The average molecular weight is 533 g/mol. The summed E-state index contributed by atoms with van der Waals surface area (Å²) in [5, 5.41) is 7.19. The molecule has 2 heterocycles. The van der Waals surface area contributed by atoms with Gasteiger partial charge in [-0.3, -0.25) is 9.59 Å². The highest BCUT2D eigenvalue weighted by Crippen LogP contribution is 2.27. The number of carbonyl (C=O) groups is 3. The Morgan fingerprint density at radius 1 is 1.00 bits per heavy atom. The number of amides is 4. The second-order valence-electron chi connectivity index (χ2n) is 8.78. The molecule has 0 bridgehead atoms. The van der Waals surface area contributed by atoms with Crippen LogP contribution in [0.3, 0.4) is 0 Å². The molecule has 2 N–H and O–H groups in total. The minimum absolute atomic E-state index is 0.103. The number of nitrogens with one attached hydrogen (secondary N) is 2. The predicted molar refractivity (Wildman–Crippen MR) is 146 cm³/mol. The van der Waals surface area contributed by atoms with Crippen LogP contribution in [0.5, 0.6) is 0 Å². The highest BCUT2D eigenvalue weighted by molar-refractivity contribution is 6.42. The van der Waals surface area contributed by atoms with Gasteiger partial charge < -0.3 is 15.2 Å². The largest absolute Gasteiger partial charge is 0.342 e. The summed E-state index contributed by atoms with van der Waals surface area (Å²) in [7, 11) is 0. The number of anilines is 1. The molecule has 37 heavy (non-hydrogen) atoms. The highest BCUT2D eigenvalue weighted by Gasteiger charge is 2.35. The molecule has 4 aromatic rings. The molecule has 0 spiro atoms. The van der Waals surface area contributed by atoms with Crippen LogP contribution in [0.1, 0.15) is 16.7 Å². The molecule has 9 heteroatoms. The van der Waals surface area contributed by atoms with E-state index >= 15 is 0 Å². The van der Waals surface area contributed by atoms with Crippen LogP contribution in [0.2, 0.25) is 10.0 Å². The maximum Gasteiger partial charge on any atom is 0.329 e. The Morgan fingerprint density at radius 2 is 1.81 bits per heavy atom. The Morgan fingerprint density at radius 3 is 2.59 bits per heavy atom. The number of hydrogen-bond acceptors (Lipinski definition) is 3. The van der Waals surface area contributed by atoms with E-state index in [1.165, 1.54) is 0 Å². The second-order valence-corrected chi connectivity index (χ2v) is 9.59. The molecule has 7 nitrogen and oxygen atoms in total. The average Bonchev–Trinajstić information content (AvgIpc) is 3.33. The van der Waals surface area contributed by atoms with Gasteiger partial charge in [0.25, 0.3) is 5.91 Å². The van der Waals surface area contributed by atoms with Crippen LogP contribution in [0, 0.1) is 6.92 Å². The number of aromatic nitrogens is 1. The lowest BCUT2D eigenvalue weighted by Crippen LogP contribution is -2.38. The second kappa shape index (κ2) is 10.1. The zero-order chi connectivity index (χ0) is 26.1. The van der Waals surface area contributed by atoms with Gasteiger partial charge in [-0.1, -0.05) is 59.6 Å². The van der Waals surface area contributed by atoms with Crippen molar-refractivity contribution in [2.45, 2.75) is 13.5 Å². The summed E-state index contributed by atoms with van der Waals surface area (Å²) in [5.41, 5.74) is 4.35. The van der Waals surface area contributed by atoms with Gasteiger partial charge in [0.1, 0.15) is 12.2 Å². The lowest BCUT2D eigenvalue weighted by Gasteiger charge is -2.12. The summed E-state index contributed by atoms with van der Waals surface area (Å²) >= 11 is 12.2. The fraction of sp³-hybridized carbons (Fsp3) is 0.107. The number of aryl methyl sites for hydroxylation is 1. The molecule has 1 aromatic heterocycles. The number of nitrogens with zero attached hydrogens (tertiary/aromatic N) is 2. The van der Waals surface area contributed by atoms with Crippen LogP contribution in [0.15, 0.2) is 78.6 Å². The van der Waals surface area contributed by atoms with Crippen LogP contribution in [0.25, 0.3) is 17.0 Å². The molecule has 4 amide bonds. The van der Waals surface area contributed by atoms with E-state index in [0.29, 0.717) is 22.3 Å². The van der Waals surface area contributed by atoms with Crippen LogP contribution < -0.4 is 10.6 Å². The van der Waals surface area contributed by atoms with E-state index in [4.69, 9.17) is 23.2 Å². The van der Waals surface area contributed by atoms with Gasteiger partial charge in [-0.25, -0.2) is 9.69 Å². The topological polar surface area (TPSA) is 83.4 Å². The molecule has 3 aromatic carbocycles. The SMILES string of the molecule is Cc1cccc(NC(=O)CN2C(=O)N/C(=C/c3cn(Cc4ccc(Cl)c(Cl)c4)c4ccccc34)C2=O)c1. The van der Waals surface area contributed by atoms with Crippen molar-refractivity contribution in [3.8, 4) is 0 Å². The molecule has 1 fully saturated rings. The first kappa shape index (κ1) is 24.6. The van der Waals surface area contributed by atoms with Crippen molar-refractivity contribution in [2.75, 3.05) is 11.9 Å². The van der Waals surface area contributed by atoms with Crippen LogP contribution >= 0.6 is 23.2 Å². The quantitative estimate of drug-likeness (QED) is 0.242. The van der Waals surface area contributed by atoms with Gasteiger partial charge in [0.15, 0.2) is 0 Å². The van der Waals surface area contributed by atoms with E-state index in [-0.39, 0.29) is 5.70 Å². The normalized spacial score (nSPS) is 14.5. The van der Waals surface area contributed by atoms with Gasteiger partial charge in [0, 0.05) is 34.9 Å². The van der Waals surface area contributed by atoms with Gasteiger partial charge in [0.2, 0.25) is 5.91 Å². The molecular weight excluding hydrogens is 511 g/mol. The van der Waals surface area contributed by atoms with E-state index in [1.54, 1.807) is 18.2 Å². The Bertz CT molecular complexity index is 1590. The van der Waals surface area contributed by atoms with Crippen molar-refractivity contribution < 1.29 is 14.4 Å². The molecule has 5 rings (SSSR count). The summed E-state index contributed by atoms with van der Waals surface area (Å²) < 4.78 is 2.04. The molecule has 0 unspecified atom stereocenters. The number of urea groups is 1. The van der Waals surface area contributed by atoms with E-state index in [9.17, 15) is 14.4 Å². The number of carbonyl (C=O) groups excluding carboxylic acids is 3. The number of para-hydroxylation sites is 1.